The number of nitrogens with zero attached hydrogens (tertiary/aromatic N) is 1. The minimum Gasteiger partial charge on any atom is -0.483 e. The van der Waals surface area contributed by atoms with Gasteiger partial charge in [0, 0.05) is 10.2 Å². The number of hydroxylamine groups is 2. The molecule has 0 aliphatic carbocycles. The maximum absolute atomic E-state index is 12.5. The van der Waals surface area contributed by atoms with Crippen LogP contribution < -0.4 is 10.1 Å². The third-order valence-corrected chi connectivity index (χ3v) is 4.11. The molecule has 0 aromatic heterocycles. The molecule has 2 amide bonds. The molecule has 3 rings (SSSR count). The van der Waals surface area contributed by atoms with Gasteiger partial charge in [-0.2, -0.15) is 0 Å². The van der Waals surface area contributed by atoms with Crippen LogP contribution in [0.4, 0.5) is 5.69 Å². The smallest absolute Gasteiger partial charge is 0.281 e. The Bertz CT molecular complexity index is 758. The Labute approximate surface area is 153 Å². The van der Waals surface area contributed by atoms with Crippen molar-refractivity contribution in [3.05, 3.63) is 58.6 Å². The average Bonchev–Trinajstić information content (AvgIpc) is 3.16. The highest BCUT2D eigenvalue weighted by Gasteiger charge is 2.23. The lowest BCUT2D eigenvalue weighted by Crippen LogP contribution is -2.27. The van der Waals surface area contributed by atoms with Crippen LogP contribution in [0.15, 0.2) is 53.0 Å². The van der Waals surface area contributed by atoms with E-state index in [2.05, 4.69) is 21.2 Å². The summed E-state index contributed by atoms with van der Waals surface area (Å²) in [7, 11) is 0. The highest BCUT2D eigenvalue weighted by molar-refractivity contribution is 9.10. The summed E-state index contributed by atoms with van der Waals surface area (Å²) in [6.07, 6.45) is 0.810. The summed E-state index contributed by atoms with van der Waals surface area (Å²) in [5.41, 5.74) is 1.05. The Hall–Kier alpha value is -2.38. The molecule has 6 nitrogen and oxygen atoms in total. The first kappa shape index (κ1) is 17.4. The summed E-state index contributed by atoms with van der Waals surface area (Å²) in [5.74, 6) is -0.211. The molecule has 7 heteroatoms. The summed E-state index contributed by atoms with van der Waals surface area (Å²) in [6, 6.07) is 14.1. The highest BCUT2D eigenvalue weighted by atomic mass is 79.9. The molecule has 25 heavy (non-hydrogen) atoms. The van der Waals surface area contributed by atoms with Crippen molar-refractivity contribution in [2.24, 2.45) is 0 Å². The quantitative estimate of drug-likeness (QED) is 0.830. The van der Waals surface area contributed by atoms with Crippen molar-refractivity contribution in [1.29, 1.82) is 0 Å². The van der Waals surface area contributed by atoms with Crippen LogP contribution in [0.5, 0.6) is 5.75 Å². The molecule has 1 fully saturated rings. The molecule has 0 atom stereocenters. The number of benzene rings is 2. The SMILES string of the molecule is O=C(COc1ccccc1C(=O)N1CCCO1)Nc1ccc(Br)cc1. The van der Waals surface area contributed by atoms with Gasteiger partial charge in [0.2, 0.25) is 0 Å². The van der Waals surface area contributed by atoms with Crippen LogP contribution in [-0.2, 0) is 9.63 Å². The predicted molar refractivity (Wildman–Crippen MR) is 96.3 cm³/mol. The lowest BCUT2D eigenvalue weighted by Gasteiger charge is -2.16. The van der Waals surface area contributed by atoms with Gasteiger partial charge in [0.05, 0.1) is 18.7 Å². The van der Waals surface area contributed by atoms with Crippen LogP contribution in [0.2, 0.25) is 0 Å². The lowest BCUT2D eigenvalue weighted by atomic mass is 10.2. The van der Waals surface area contributed by atoms with Gasteiger partial charge in [0.25, 0.3) is 11.8 Å². The first-order valence-corrected chi connectivity index (χ1v) is 8.65. The molecular weight excluding hydrogens is 388 g/mol. The monoisotopic (exact) mass is 404 g/mol. The number of nitrogens with one attached hydrogen (secondary N) is 1. The molecule has 1 N–H and O–H groups in total. The molecule has 0 saturated carbocycles. The fourth-order valence-corrected chi connectivity index (χ4v) is 2.65. The van der Waals surface area contributed by atoms with E-state index in [-0.39, 0.29) is 18.4 Å². The zero-order valence-electron chi connectivity index (χ0n) is 13.4. The number of para-hydroxylation sites is 1. The molecule has 0 spiro atoms. The number of hydrogen-bond acceptors (Lipinski definition) is 4. The van der Waals surface area contributed by atoms with Crippen molar-refractivity contribution in [3.63, 3.8) is 0 Å². The van der Waals surface area contributed by atoms with Crippen LogP contribution in [0.25, 0.3) is 0 Å². The second-order valence-electron chi connectivity index (χ2n) is 5.43. The van der Waals surface area contributed by atoms with E-state index in [0.717, 1.165) is 10.9 Å². The van der Waals surface area contributed by atoms with E-state index in [4.69, 9.17) is 9.57 Å². The third-order valence-electron chi connectivity index (χ3n) is 3.58. The van der Waals surface area contributed by atoms with E-state index in [9.17, 15) is 9.59 Å². The van der Waals surface area contributed by atoms with Gasteiger partial charge < -0.3 is 10.1 Å². The van der Waals surface area contributed by atoms with Crippen LogP contribution in [0, 0.1) is 0 Å². The summed E-state index contributed by atoms with van der Waals surface area (Å²) >= 11 is 3.34. The molecule has 1 aliphatic rings. The van der Waals surface area contributed by atoms with E-state index >= 15 is 0 Å². The number of halogens is 1. The van der Waals surface area contributed by atoms with Crippen LogP contribution in [0.3, 0.4) is 0 Å². The van der Waals surface area contributed by atoms with E-state index in [1.54, 1.807) is 36.4 Å². The first-order valence-electron chi connectivity index (χ1n) is 7.85. The fourth-order valence-electron chi connectivity index (χ4n) is 2.38. The molecule has 1 heterocycles. The molecule has 2 aromatic rings. The molecule has 0 radical (unpaired) electrons. The summed E-state index contributed by atoms with van der Waals surface area (Å²) in [5, 5.41) is 4.06. The molecular formula is C18H17BrN2O4. The van der Waals surface area contributed by atoms with Crippen LogP contribution >= 0.6 is 15.9 Å². The zero-order chi connectivity index (χ0) is 17.6. The van der Waals surface area contributed by atoms with Gasteiger partial charge in [-0.15, -0.1) is 0 Å². The van der Waals surface area contributed by atoms with Gasteiger partial charge >= 0.3 is 0 Å². The fraction of sp³-hybridized carbons (Fsp3) is 0.222. The standard InChI is InChI=1S/C18H17BrN2O4/c19-13-6-8-14(9-7-13)20-17(22)12-24-16-5-2-1-4-15(16)18(23)21-10-3-11-25-21/h1-2,4-9H,3,10-12H2,(H,20,22). The maximum Gasteiger partial charge on any atom is 0.281 e. The third kappa shape index (κ3) is 4.58. The molecule has 1 saturated heterocycles. The Morgan fingerprint density at radius 2 is 1.92 bits per heavy atom. The van der Waals surface area contributed by atoms with Gasteiger partial charge in [-0.3, -0.25) is 14.4 Å². The number of ether oxygens (including phenoxy) is 1. The van der Waals surface area contributed by atoms with E-state index in [1.807, 2.05) is 12.1 Å². The van der Waals surface area contributed by atoms with E-state index in [0.29, 0.717) is 30.2 Å². The van der Waals surface area contributed by atoms with Crippen molar-refractivity contribution in [2.75, 3.05) is 25.1 Å². The van der Waals surface area contributed by atoms with Crippen molar-refractivity contribution >= 4 is 33.4 Å². The summed E-state index contributed by atoms with van der Waals surface area (Å²) < 4.78 is 6.48. The molecule has 2 aromatic carbocycles. The molecule has 1 aliphatic heterocycles. The summed E-state index contributed by atoms with van der Waals surface area (Å²) in [4.78, 5) is 29.8. The molecule has 0 unspecified atom stereocenters. The van der Waals surface area contributed by atoms with Gasteiger partial charge in [-0.1, -0.05) is 28.1 Å². The summed E-state index contributed by atoms with van der Waals surface area (Å²) in [6.45, 7) is 0.892. The van der Waals surface area contributed by atoms with Crippen molar-refractivity contribution in [1.82, 2.24) is 5.06 Å². The Balaban J connectivity index is 1.61. The largest absolute Gasteiger partial charge is 0.483 e. The lowest BCUT2D eigenvalue weighted by molar-refractivity contribution is -0.118. The zero-order valence-corrected chi connectivity index (χ0v) is 15.0. The normalized spacial score (nSPS) is 13.6. The number of rotatable bonds is 5. The Morgan fingerprint density at radius 3 is 2.64 bits per heavy atom. The van der Waals surface area contributed by atoms with E-state index in [1.165, 1.54) is 5.06 Å². The minimum absolute atomic E-state index is 0.193. The van der Waals surface area contributed by atoms with E-state index < -0.39 is 0 Å². The topological polar surface area (TPSA) is 67.9 Å². The Morgan fingerprint density at radius 1 is 1.16 bits per heavy atom. The van der Waals surface area contributed by atoms with Gasteiger partial charge in [0.15, 0.2) is 6.61 Å². The van der Waals surface area contributed by atoms with Gasteiger partial charge in [-0.05, 0) is 42.8 Å². The van der Waals surface area contributed by atoms with Crippen LogP contribution in [-0.4, -0.2) is 36.6 Å². The maximum atomic E-state index is 12.5. The average molecular weight is 405 g/mol. The van der Waals surface area contributed by atoms with Crippen molar-refractivity contribution in [3.8, 4) is 5.75 Å². The minimum atomic E-state index is -0.304. The van der Waals surface area contributed by atoms with Crippen molar-refractivity contribution in [2.45, 2.75) is 6.42 Å². The number of amides is 2. The van der Waals surface area contributed by atoms with Gasteiger partial charge in [-0.25, -0.2) is 5.06 Å². The predicted octanol–water partition coefficient (Wildman–Crippen LogP) is 3.24. The second kappa shape index (κ2) is 8.13. The number of hydrogen-bond donors (Lipinski definition) is 1. The molecule has 130 valence electrons. The van der Waals surface area contributed by atoms with Crippen LogP contribution in [0.1, 0.15) is 16.8 Å². The van der Waals surface area contributed by atoms with Crippen molar-refractivity contribution < 1.29 is 19.2 Å². The number of carbonyl (C=O) groups is 2. The second-order valence-corrected chi connectivity index (χ2v) is 6.35. The number of carbonyl (C=O) groups excluding carboxylic acids is 2. The molecule has 0 bridgehead atoms. The first-order chi connectivity index (χ1) is 12.1. The van der Waals surface area contributed by atoms with Gasteiger partial charge in [0.1, 0.15) is 5.75 Å². The number of anilines is 1. The highest BCUT2D eigenvalue weighted by Crippen LogP contribution is 2.22. The Kier molecular flexibility index (Phi) is 5.67.